The first-order chi connectivity index (χ1) is 16.5. The van der Waals surface area contributed by atoms with Crippen LogP contribution in [0.25, 0.3) is 0 Å². The van der Waals surface area contributed by atoms with Crippen LogP contribution in [0.1, 0.15) is 24.8 Å². The van der Waals surface area contributed by atoms with Crippen LogP contribution >= 0.6 is 11.8 Å². The maximum Gasteiger partial charge on any atom is 0.322 e. The number of benzene rings is 1. The summed E-state index contributed by atoms with van der Waals surface area (Å²) >= 11 is 1.51. The van der Waals surface area contributed by atoms with E-state index in [1.54, 1.807) is 17.0 Å². The van der Waals surface area contributed by atoms with E-state index in [2.05, 4.69) is 15.4 Å². The van der Waals surface area contributed by atoms with Crippen molar-refractivity contribution in [2.24, 2.45) is 5.92 Å². The topological polar surface area (TPSA) is 162 Å². The minimum Gasteiger partial charge on any atom is -0.480 e. The smallest absolute Gasteiger partial charge is 0.322 e. The number of sulfonamides is 1. The van der Waals surface area contributed by atoms with E-state index in [-0.39, 0.29) is 36.3 Å². The zero-order chi connectivity index (χ0) is 26.0. The minimum atomic E-state index is -3.89. The van der Waals surface area contributed by atoms with E-state index in [9.17, 15) is 27.6 Å². The fraction of sp³-hybridized carbons (Fsp3) is 0.545. The maximum atomic E-state index is 13.2. The minimum absolute atomic E-state index is 0.0906. The molecule has 1 fully saturated rings. The molecule has 1 unspecified atom stereocenters. The summed E-state index contributed by atoms with van der Waals surface area (Å²) in [6, 6.07) is 5.47. The van der Waals surface area contributed by atoms with Crippen LogP contribution in [0.2, 0.25) is 0 Å². The number of carbonyl (C=O) groups is 4. The number of piperidine rings is 1. The lowest BCUT2D eigenvalue weighted by atomic mass is 9.95. The van der Waals surface area contributed by atoms with E-state index >= 15 is 0 Å². The van der Waals surface area contributed by atoms with Gasteiger partial charge in [-0.05, 0) is 50.3 Å². The molecular formula is C22H32N4O7S2. The zero-order valence-corrected chi connectivity index (χ0v) is 21.4. The van der Waals surface area contributed by atoms with Gasteiger partial charge < -0.3 is 20.6 Å². The van der Waals surface area contributed by atoms with E-state index < -0.39 is 40.4 Å². The Bertz CT molecular complexity index is 1010. The van der Waals surface area contributed by atoms with Crippen LogP contribution in [-0.2, 0) is 29.2 Å². The van der Waals surface area contributed by atoms with Gasteiger partial charge >= 0.3 is 5.97 Å². The third-order valence-corrected chi connectivity index (χ3v) is 7.71. The molecule has 0 aromatic heterocycles. The lowest BCUT2D eigenvalue weighted by Crippen LogP contribution is -2.52. The lowest BCUT2D eigenvalue weighted by Gasteiger charge is -2.34. The number of rotatable bonds is 12. The molecule has 0 saturated carbocycles. The summed E-state index contributed by atoms with van der Waals surface area (Å²) < 4.78 is 28.2. The molecule has 1 heterocycles. The Kier molecular flexibility index (Phi) is 11.0. The molecule has 35 heavy (non-hydrogen) atoms. The summed E-state index contributed by atoms with van der Waals surface area (Å²) in [5, 5.41) is 13.2. The first kappa shape index (κ1) is 28.6. The molecule has 13 heteroatoms. The molecule has 2 rings (SSSR count). The first-order valence-corrected chi connectivity index (χ1v) is 14.0. The van der Waals surface area contributed by atoms with Crippen molar-refractivity contribution in [1.29, 1.82) is 0 Å². The number of carboxylic acids is 1. The lowest BCUT2D eigenvalue weighted by molar-refractivity contribution is -0.138. The number of aliphatic carboxylic acids is 1. The van der Waals surface area contributed by atoms with Crippen LogP contribution in [0.4, 0.5) is 0 Å². The molecular weight excluding hydrogens is 496 g/mol. The summed E-state index contributed by atoms with van der Waals surface area (Å²) in [6.07, 6.45) is 2.95. The highest BCUT2D eigenvalue weighted by molar-refractivity contribution is 7.98. The molecule has 0 radical (unpaired) electrons. The number of hydrogen-bond donors (Lipinski definition) is 4. The quantitative estimate of drug-likeness (QED) is 0.294. The average molecular weight is 529 g/mol. The Morgan fingerprint density at radius 1 is 1.09 bits per heavy atom. The van der Waals surface area contributed by atoms with Gasteiger partial charge in [-0.15, -0.1) is 0 Å². The van der Waals surface area contributed by atoms with Crippen LogP contribution in [0.5, 0.6) is 0 Å². The second kappa shape index (κ2) is 13.4. The van der Waals surface area contributed by atoms with Gasteiger partial charge in [0.25, 0.3) is 0 Å². The molecule has 1 aliphatic heterocycles. The van der Waals surface area contributed by atoms with Crippen molar-refractivity contribution in [1.82, 2.24) is 20.3 Å². The SMILES string of the molecule is CSCCC(NS(=O)(=O)c1ccc(C)cc1)C(=O)N1CCC(C(=O)NCC(=O)NCC(=O)O)CC1. The Labute approximate surface area is 209 Å². The van der Waals surface area contributed by atoms with Crippen LogP contribution < -0.4 is 15.4 Å². The maximum absolute atomic E-state index is 13.2. The van der Waals surface area contributed by atoms with Crippen LogP contribution in [0, 0.1) is 12.8 Å². The third kappa shape index (κ3) is 9.15. The Balaban J connectivity index is 1.93. The van der Waals surface area contributed by atoms with Crippen molar-refractivity contribution in [2.45, 2.75) is 37.1 Å². The molecule has 4 N–H and O–H groups in total. The van der Waals surface area contributed by atoms with Gasteiger partial charge in [-0.3, -0.25) is 19.2 Å². The van der Waals surface area contributed by atoms with Gasteiger partial charge in [0, 0.05) is 19.0 Å². The molecule has 1 aliphatic rings. The molecule has 194 valence electrons. The molecule has 1 aromatic carbocycles. The monoisotopic (exact) mass is 528 g/mol. The van der Waals surface area contributed by atoms with Gasteiger partial charge in [-0.25, -0.2) is 8.42 Å². The Morgan fingerprint density at radius 3 is 2.29 bits per heavy atom. The number of hydrogen-bond acceptors (Lipinski definition) is 7. The predicted octanol–water partition coefficient (Wildman–Crippen LogP) is -0.0494. The molecule has 3 amide bonds. The Morgan fingerprint density at radius 2 is 1.71 bits per heavy atom. The first-order valence-electron chi connectivity index (χ1n) is 11.2. The predicted molar refractivity (Wildman–Crippen MR) is 131 cm³/mol. The van der Waals surface area contributed by atoms with E-state index in [1.807, 2.05) is 13.2 Å². The van der Waals surface area contributed by atoms with E-state index in [4.69, 9.17) is 5.11 Å². The van der Waals surface area contributed by atoms with E-state index in [1.165, 1.54) is 23.9 Å². The van der Waals surface area contributed by atoms with E-state index in [0.29, 0.717) is 25.0 Å². The number of aryl methyl sites for hydroxylation is 1. The van der Waals surface area contributed by atoms with Crippen molar-refractivity contribution >= 4 is 45.5 Å². The molecule has 1 atom stereocenters. The number of nitrogens with one attached hydrogen (secondary N) is 3. The van der Waals surface area contributed by atoms with Crippen LogP contribution in [0.15, 0.2) is 29.2 Å². The van der Waals surface area contributed by atoms with Crippen molar-refractivity contribution in [3.05, 3.63) is 29.8 Å². The fourth-order valence-electron chi connectivity index (χ4n) is 3.57. The van der Waals surface area contributed by atoms with Crippen molar-refractivity contribution in [3.8, 4) is 0 Å². The summed E-state index contributed by atoms with van der Waals surface area (Å²) in [5.74, 6) is -2.27. The summed E-state index contributed by atoms with van der Waals surface area (Å²) in [6.45, 7) is 1.56. The number of thioether (sulfide) groups is 1. The number of carboxylic acid groups (broad SMARTS) is 1. The molecule has 0 bridgehead atoms. The number of likely N-dealkylation sites (tertiary alicyclic amines) is 1. The molecule has 1 saturated heterocycles. The van der Waals surface area contributed by atoms with Crippen LogP contribution in [-0.4, -0.2) is 86.3 Å². The Hall–Kier alpha value is -2.64. The highest BCUT2D eigenvalue weighted by Gasteiger charge is 2.33. The zero-order valence-electron chi connectivity index (χ0n) is 19.8. The highest BCUT2D eigenvalue weighted by Crippen LogP contribution is 2.20. The second-order valence-electron chi connectivity index (χ2n) is 8.26. The normalized spacial score (nSPS) is 15.3. The summed E-state index contributed by atoms with van der Waals surface area (Å²) in [5.41, 5.74) is 0.923. The molecule has 0 spiro atoms. The molecule has 1 aromatic rings. The standard InChI is InChI=1S/C22H32N4O7S2/c1-15-3-5-17(6-4-15)35(32,33)25-18(9-12-34-2)22(31)26-10-7-16(8-11-26)21(30)24-13-19(27)23-14-20(28)29/h3-6,16,18,25H,7-14H2,1-2H3,(H,23,27)(H,24,30)(H,28,29). The van der Waals surface area contributed by atoms with Gasteiger partial charge in [0.15, 0.2) is 0 Å². The number of nitrogens with zero attached hydrogens (tertiary/aromatic N) is 1. The summed E-state index contributed by atoms with van der Waals surface area (Å²) in [4.78, 5) is 49.2. The van der Waals surface area contributed by atoms with Gasteiger partial charge in [-0.2, -0.15) is 16.5 Å². The van der Waals surface area contributed by atoms with Crippen molar-refractivity contribution in [2.75, 3.05) is 38.2 Å². The van der Waals surface area contributed by atoms with Gasteiger partial charge in [0.05, 0.1) is 11.4 Å². The van der Waals surface area contributed by atoms with Crippen LogP contribution in [0.3, 0.4) is 0 Å². The number of carbonyl (C=O) groups excluding carboxylic acids is 3. The molecule has 11 nitrogen and oxygen atoms in total. The van der Waals surface area contributed by atoms with Gasteiger partial charge in [0.1, 0.15) is 12.6 Å². The highest BCUT2D eigenvalue weighted by atomic mass is 32.2. The van der Waals surface area contributed by atoms with Crippen molar-refractivity contribution < 1.29 is 32.7 Å². The van der Waals surface area contributed by atoms with Gasteiger partial charge in [0.2, 0.25) is 27.7 Å². The second-order valence-corrected chi connectivity index (χ2v) is 11.0. The van der Waals surface area contributed by atoms with Gasteiger partial charge in [-0.1, -0.05) is 17.7 Å². The van der Waals surface area contributed by atoms with E-state index in [0.717, 1.165) is 5.56 Å². The number of amides is 3. The largest absolute Gasteiger partial charge is 0.480 e. The fourth-order valence-corrected chi connectivity index (χ4v) is 5.27. The summed E-state index contributed by atoms with van der Waals surface area (Å²) in [7, 11) is -3.89. The van der Waals surface area contributed by atoms with Crippen molar-refractivity contribution in [3.63, 3.8) is 0 Å². The average Bonchev–Trinajstić information content (AvgIpc) is 2.83. The third-order valence-electron chi connectivity index (χ3n) is 5.57. The molecule has 0 aliphatic carbocycles.